The van der Waals surface area contributed by atoms with Gasteiger partial charge in [0.15, 0.2) is 6.61 Å². The molecule has 0 radical (unpaired) electrons. The summed E-state index contributed by atoms with van der Waals surface area (Å²) in [6.45, 7) is 6.95. The molecule has 1 aliphatic carbocycles. The first-order valence-corrected chi connectivity index (χ1v) is 9.05. The Bertz CT molecular complexity index is 560. The van der Waals surface area contributed by atoms with E-state index in [0.717, 1.165) is 37.8 Å². The molecule has 1 heterocycles. The van der Waals surface area contributed by atoms with Gasteiger partial charge >= 0.3 is 0 Å². The fourth-order valence-corrected chi connectivity index (χ4v) is 3.44. The Morgan fingerprint density at radius 1 is 1.12 bits per heavy atom. The lowest BCUT2D eigenvalue weighted by atomic mass is 9.94. The van der Waals surface area contributed by atoms with Gasteiger partial charge in [0.05, 0.1) is 0 Å². The molecule has 1 atom stereocenters. The van der Waals surface area contributed by atoms with Crippen molar-refractivity contribution in [1.29, 1.82) is 0 Å². The first-order chi connectivity index (χ1) is 11.7. The molecule has 1 saturated heterocycles. The molecule has 24 heavy (non-hydrogen) atoms. The molecular weight excluding hydrogens is 300 g/mol. The van der Waals surface area contributed by atoms with E-state index in [-0.39, 0.29) is 12.5 Å². The minimum absolute atomic E-state index is 0.0934. The molecule has 1 unspecified atom stereocenters. The van der Waals surface area contributed by atoms with Gasteiger partial charge in [0.25, 0.3) is 5.91 Å². The Labute approximate surface area is 145 Å². The normalized spacial score (nSPS) is 21.7. The van der Waals surface area contributed by atoms with Crippen molar-refractivity contribution < 1.29 is 9.53 Å². The standard InChI is InChI=1S/C20H28N2O2/c1-17-7-9-19(10-8-17)24-16-20(23)22-13-11-21(12-14-22)15-18-5-3-2-4-6-18/h2-3,7-10,18H,4-6,11-16H2,1H3. The van der Waals surface area contributed by atoms with Crippen molar-refractivity contribution in [2.24, 2.45) is 5.92 Å². The highest BCUT2D eigenvalue weighted by Crippen LogP contribution is 2.20. The number of nitrogens with zero attached hydrogens (tertiary/aromatic N) is 2. The molecule has 0 N–H and O–H groups in total. The first-order valence-electron chi connectivity index (χ1n) is 9.05. The van der Waals surface area contributed by atoms with Gasteiger partial charge in [-0.25, -0.2) is 0 Å². The topological polar surface area (TPSA) is 32.8 Å². The highest BCUT2D eigenvalue weighted by molar-refractivity contribution is 5.77. The van der Waals surface area contributed by atoms with Crippen LogP contribution in [0, 0.1) is 12.8 Å². The number of allylic oxidation sites excluding steroid dienone is 2. The summed E-state index contributed by atoms with van der Waals surface area (Å²) in [6, 6.07) is 7.83. The van der Waals surface area contributed by atoms with E-state index in [0.29, 0.717) is 0 Å². The summed E-state index contributed by atoms with van der Waals surface area (Å²) in [5.41, 5.74) is 1.19. The van der Waals surface area contributed by atoms with Gasteiger partial charge in [-0.05, 0) is 44.2 Å². The van der Waals surface area contributed by atoms with Gasteiger partial charge in [-0.15, -0.1) is 0 Å². The molecule has 1 fully saturated rings. The first kappa shape index (κ1) is 17.0. The molecule has 3 rings (SSSR count). The number of hydrogen-bond acceptors (Lipinski definition) is 3. The number of benzene rings is 1. The van der Waals surface area contributed by atoms with Gasteiger partial charge < -0.3 is 9.64 Å². The van der Waals surface area contributed by atoms with Crippen LogP contribution in [0.3, 0.4) is 0 Å². The molecule has 4 nitrogen and oxygen atoms in total. The third-order valence-electron chi connectivity index (χ3n) is 5.00. The summed E-state index contributed by atoms with van der Waals surface area (Å²) in [4.78, 5) is 16.8. The second kappa shape index (κ2) is 8.34. The summed E-state index contributed by atoms with van der Waals surface area (Å²) >= 11 is 0. The van der Waals surface area contributed by atoms with E-state index in [4.69, 9.17) is 4.74 Å². The van der Waals surface area contributed by atoms with Gasteiger partial charge in [-0.3, -0.25) is 9.69 Å². The maximum absolute atomic E-state index is 12.3. The average Bonchev–Trinajstić information content (AvgIpc) is 2.62. The minimum Gasteiger partial charge on any atom is -0.484 e. The third kappa shape index (κ3) is 4.84. The highest BCUT2D eigenvalue weighted by Gasteiger charge is 2.23. The summed E-state index contributed by atoms with van der Waals surface area (Å²) in [5, 5.41) is 0. The zero-order chi connectivity index (χ0) is 16.8. The SMILES string of the molecule is Cc1ccc(OCC(=O)N2CCN(CC3CC=CCC3)CC2)cc1. The predicted molar refractivity (Wildman–Crippen MR) is 96.2 cm³/mol. The van der Waals surface area contributed by atoms with Crippen molar-refractivity contribution in [3.8, 4) is 5.75 Å². The molecule has 2 aliphatic rings. The maximum atomic E-state index is 12.3. The number of rotatable bonds is 5. The fraction of sp³-hybridized carbons (Fsp3) is 0.550. The molecule has 1 aromatic carbocycles. The second-order valence-electron chi connectivity index (χ2n) is 6.93. The molecule has 130 valence electrons. The Kier molecular flexibility index (Phi) is 5.91. The number of piperazine rings is 1. The lowest BCUT2D eigenvalue weighted by molar-refractivity contribution is -0.135. The second-order valence-corrected chi connectivity index (χ2v) is 6.93. The van der Waals surface area contributed by atoms with E-state index in [9.17, 15) is 4.79 Å². The van der Waals surface area contributed by atoms with E-state index in [1.807, 2.05) is 36.1 Å². The highest BCUT2D eigenvalue weighted by atomic mass is 16.5. The lowest BCUT2D eigenvalue weighted by Crippen LogP contribution is -2.50. The number of amides is 1. The monoisotopic (exact) mass is 328 g/mol. The van der Waals surface area contributed by atoms with Crippen molar-refractivity contribution >= 4 is 5.91 Å². The number of aryl methyl sites for hydroxylation is 1. The summed E-state index contributed by atoms with van der Waals surface area (Å²) in [5.74, 6) is 1.65. The number of carbonyl (C=O) groups is 1. The predicted octanol–water partition coefficient (Wildman–Crippen LogP) is 2.87. The van der Waals surface area contributed by atoms with Crippen LogP contribution in [0.25, 0.3) is 0 Å². The minimum atomic E-state index is 0.0934. The van der Waals surface area contributed by atoms with E-state index >= 15 is 0 Å². The van der Waals surface area contributed by atoms with Gasteiger partial charge in [-0.1, -0.05) is 29.8 Å². The number of ether oxygens (including phenoxy) is 1. The number of hydrogen-bond donors (Lipinski definition) is 0. The van der Waals surface area contributed by atoms with Crippen molar-refractivity contribution in [3.63, 3.8) is 0 Å². The van der Waals surface area contributed by atoms with Crippen LogP contribution in [-0.4, -0.2) is 55.0 Å². The van der Waals surface area contributed by atoms with Crippen LogP contribution >= 0.6 is 0 Å². The molecule has 0 aromatic heterocycles. The fourth-order valence-electron chi connectivity index (χ4n) is 3.44. The van der Waals surface area contributed by atoms with Crippen LogP contribution in [0.1, 0.15) is 24.8 Å². The zero-order valence-electron chi connectivity index (χ0n) is 14.6. The lowest BCUT2D eigenvalue weighted by Gasteiger charge is -2.36. The van der Waals surface area contributed by atoms with Crippen LogP contribution < -0.4 is 4.74 Å². The van der Waals surface area contributed by atoms with Crippen LogP contribution in [0.4, 0.5) is 0 Å². The van der Waals surface area contributed by atoms with E-state index in [1.54, 1.807) is 0 Å². The Morgan fingerprint density at radius 2 is 1.88 bits per heavy atom. The van der Waals surface area contributed by atoms with E-state index in [2.05, 4.69) is 17.1 Å². The Morgan fingerprint density at radius 3 is 2.54 bits per heavy atom. The zero-order valence-corrected chi connectivity index (χ0v) is 14.6. The van der Waals surface area contributed by atoms with Crippen molar-refractivity contribution in [2.45, 2.75) is 26.2 Å². The van der Waals surface area contributed by atoms with Crippen LogP contribution in [-0.2, 0) is 4.79 Å². The van der Waals surface area contributed by atoms with Crippen LogP contribution in [0.2, 0.25) is 0 Å². The Hall–Kier alpha value is -1.81. The molecule has 0 saturated carbocycles. The largest absolute Gasteiger partial charge is 0.484 e. The van der Waals surface area contributed by atoms with Crippen LogP contribution in [0.15, 0.2) is 36.4 Å². The summed E-state index contributed by atoms with van der Waals surface area (Å²) in [6.07, 6.45) is 8.35. The van der Waals surface area contributed by atoms with Crippen molar-refractivity contribution in [2.75, 3.05) is 39.3 Å². The molecule has 0 bridgehead atoms. The quantitative estimate of drug-likeness (QED) is 0.779. The van der Waals surface area contributed by atoms with Gasteiger partial charge in [0, 0.05) is 32.7 Å². The van der Waals surface area contributed by atoms with Crippen molar-refractivity contribution in [3.05, 3.63) is 42.0 Å². The Balaban J connectivity index is 1.38. The molecule has 1 amide bonds. The molecule has 0 spiro atoms. The smallest absolute Gasteiger partial charge is 0.260 e. The molecule has 4 heteroatoms. The maximum Gasteiger partial charge on any atom is 0.260 e. The van der Waals surface area contributed by atoms with E-state index in [1.165, 1.54) is 31.4 Å². The van der Waals surface area contributed by atoms with Gasteiger partial charge in [0.2, 0.25) is 0 Å². The van der Waals surface area contributed by atoms with Crippen LogP contribution in [0.5, 0.6) is 5.75 Å². The third-order valence-corrected chi connectivity index (χ3v) is 5.00. The summed E-state index contributed by atoms with van der Waals surface area (Å²) in [7, 11) is 0. The molecule has 1 aliphatic heterocycles. The van der Waals surface area contributed by atoms with Gasteiger partial charge in [0.1, 0.15) is 5.75 Å². The molecule has 1 aromatic rings. The molecular formula is C20H28N2O2. The van der Waals surface area contributed by atoms with Crippen molar-refractivity contribution in [1.82, 2.24) is 9.80 Å². The van der Waals surface area contributed by atoms with Gasteiger partial charge in [-0.2, -0.15) is 0 Å². The number of carbonyl (C=O) groups excluding carboxylic acids is 1. The average molecular weight is 328 g/mol. The summed E-state index contributed by atoms with van der Waals surface area (Å²) < 4.78 is 5.61. The van der Waals surface area contributed by atoms with E-state index < -0.39 is 0 Å².